The topological polar surface area (TPSA) is 77.4 Å². The van der Waals surface area contributed by atoms with Gasteiger partial charge in [-0.2, -0.15) is 0 Å². The smallest absolute Gasteiger partial charge is 0.748 e. The summed E-state index contributed by atoms with van der Waals surface area (Å²) in [6.45, 7) is 4.26. The first-order chi connectivity index (χ1) is 12.9. The zero-order chi connectivity index (χ0) is 20.4. The molecule has 0 saturated heterocycles. The molecule has 0 fully saturated rings. The Balaban J connectivity index is 0. The molecule has 0 aromatic rings. The molecule has 0 spiro atoms. The van der Waals surface area contributed by atoms with E-state index in [1.54, 1.807) is 0 Å². The van der Waals surface area contributed by atoms with Crippen LogP contribution in [-0.4, -0.2) is 29.4 Å². The first-order valence-electron chi connectivity index (χ1n) is 11.5. The van der Waals surface area contributed by atoms with Gasteiger partial charge in [0, 0.05) is 5.25 Å². The van der Waals surface area contributed by atoms with Crippen LogP contribution in [0.5, 0.6) is 0 Å². The molecule has 4 nitrogen and oxygen atoms in total. The minimum Gasteiger partial charge on any atom is -0.748 e. The molecular weight excluding hydrogens is 383 g/mol. The van der Waals surface area contributed by atoms with Gasteiger partial charge in [-0.3, -0.25) is 0 Å². The molecule has 0 aromatic carbocycles. The van der Waals surface area contributed by atoms with Crippen LogP contribution in [0.1, 0.15) is 129 Å². The third-order valence-electron chi connectivity index (χ3n) is 5.47. The van der Waals surface area contributed by atoms with Gasteiger partial charge in [0.25, 0.3) is 0 Å². The van der Waals surface area contributed by atoms with E-state index in [0.717, 1.165) is 64.2 Å². The van der Waals surface area contributed by atoms with E-state index >= 15 is 0 Å². The number of rotatable bonds is 20. The van der Waals surface area contributed by atoms with Crippen LogP contribution in [0.15, 0.2) is 0 Å². The van der Waals surface area contributed by atoms with Gasteiger partial charge >= 0.3 is 29.6 Å². The van der Waals surface area contributed by atoms with Crippen LogP contribution in [-0.2, 0) is 10.1 Å². The first kappa shape index (κ1) is 31.1. The SMILES string of the molecule is CCCCCCCC(CCCCCCCCCCC(O)CCC)S(=O)(=O)[O-].[Na+]. The van der Waals surface area contributed by atoms with Gasteiger partial charge in [-0.15, -0.1) is 0 Å². The zero-order valence-corrected chi connectivity index (χ0v) is 21.8. The van der Waals surface area contributed by atoms with Gasteiger partial charge in [-0.1, -0.05) is 104 Å². The molecule has 1 N–H and O–H groups in total. The van der Waals surface area contributed by atoms with Crippen molar-refractivity contribution in [1.82, 2.24) is 0 Å². The summed E-state index contributed by atoms with van der Waals surface area (Å²) >= 11 is 0. The molecule has 164 valence electrons. The summed E-state index contributed by atoms with van der Waals surface area (Å²) in [5.74, 6) is 0. The molecule has 6 heteroatoms. The van der Waals surface area contributed by atoms with Crippen molar-refractivity contribution in [3.8, 4) is 0 Å². The molecule has 0 saturated carbocycles. The largest absolute Gasteiger partial charge is 1.00 e. The van der Waals surface area contributed by atoms with E-state index in [1.165, 1.54) is 38.5 Å². The molecular formula is C22H45NaO4S. The third-order valence-corrected chi connectivity index (χ3v) is 6.76. The number of hydrogen-bond acceptors (Lipinski definition) is 4. The fourth-order valence-electron chi connectivity index (χ4n) is 3.70. The van der Waals surface area contributed by atoms with Crippen molar-refractivity contribution in [3.63, 3.8) is 0 Å². The normalized spacial score (nSPS) is 13.9. The second-order valence-corrected chi connectivity index (χ2v) is 9.82. The molecule has 0 aliphatic heterocycles. The van der Waals surface area contributed by atoms with Gasteiger partial charge in [0.1, 0.15) is 0 Å². The van der Waals surface area contributed by atoms with E-state index in [2.05, 4.69) is 13.8 Å². The van der Waals surface area contributed by atoms with Crippen molar-refractivity contribution in [2.45, 2.75) is 141 Å². The van der Waals surface area contributed by atoms with Crippen molar-refractivity contribution < 1.29 is 47.6 Å². The second kappa shape index (κ2) is 21.1. The standard InChI is InChI=1S/C22H46O4S.Na/c1-3-5-6-11-15-19-22(27(24,25)26)20-16-13-10-8-7-9-12-14-18-21(23)17-4-2;/h21-23H,3-20H2,1-2H3,(H,24,25,26);/q;+1/p-1. The fraction of sp³-hybridized carbons (Fsp3) is 1.00. The van der Waals surface area contributed by atoms with Crippen LogP contribution in [0.2, 0.25) is 0 Å². The maximum Gasteiger partial charge on any atom is 1.00 e. The number of aliphatic hydroxyl groups excluding tert-OH is 1. The van der Waals surface area contributed by atoms with Crippen LogP contribution < -0.4 is 29.6 Å². The van der Waals surface area contributed by atoms with Gasteiger partial charge in [0.05, 0.1) is 16.2 Å². The summed E-state index contributed by atoms with van der Waals surface area (Å²) < 4.78 is 34.3. The monoisotopic (exact) mass is 428 g/mol. The number of unbranched alkanes of at least 4 members (excludes halogenated alkanes) is 11. The van der Waals surface area contributed by atoms with Gasteiger partial charge in [0.15, 0.2) is 0 Å². The molecule has 2 unspecified atom stereocenters. The predicted octanol–water partition coefficient (Wildman–Crippen LogP) is 3.33. The van der Waals surface area contributed by atoms with Gasteiger partial charge in [-0.05, 0) is 25.7 Å². The molecule has 0 aromatic heterocycles. The van der Waals surface area contributed by atoms with Crippen LogP contribution in [0.25, 0.3) is 0 Å². The van der Waals surface area contributed by atoms with Crippen LogP contribution in [0.3, 0.4) is 0 Å². The average Bonchev–Trinajstić information content (AvgIpc) is 2.60. The summed E-state index contributed by atoms with van der Waals surface area (Å²) in [6, 6.07) is 0. The van der Waals surface area contributed by atoms with Gasteiger partial charge in [-0.25, -0.2) is 8.42 Å². The van der Waals surface area contributed by atoms with E-state index < -0.39 is 15.4 Å². The average molecular weight is 429 g/mol. The molecule has 0 bridgehead atoms. The third kappa shape index (κ3) is 20.2. The van der Waals surface area contributed by atoms with Crippen molar-refractivity contribution >= 4 is 10.1 Å². The minimum absolute atomic E-state index is 0. The van der Waals surface area contributed by atoms with Crippen molar-refractivity contribution in [2.75, 3.05) is 0 Å². The second-order valence-electron chi connectivity index (χ2n) is 8.17. The molecule has 28 heavy (non-hydrogen) atoms. The molecule has 0 heterocycles. The van der Waals surface area contributed by atoms with Crippen LogP contribution in [0, 0.1) is 0 Å². The molecule has 0 amide bonds. The molecule has 0 radical (unpaired) electrons. The maximum atomic E-state index is 11.4. The first-order valence-corrected chi connectivity index (χ1v) is 13.0. The van der Waals surface area contributed by atoms with Gasteiger partial charge < -0.3 is 9.66 Å². The maximum absolute atomic E-state index is 11.4. The Morgan fingerprint density at radius 1 is 0.643 bits per heavy atom. The summed E-state index contributed by atoms with van der Waals surface area (Å²) in [5, 5.41) is 9.01. The molecule has 0 aliphatic carbocycles. The van der Waals surface area contributed by atoms with Crippen LogP contribution in [0.4, 0.5) is 0 Å². The Morgan fingerprint density at radius 2 is 1.04 bits per heavy atom. The molecule has 0 aliphatic rings. The Labute approximate surface area is 197 Å². The fourth-order valence-corrected chi connectivity index (χ4v) is 4.61. The summed E-state index contributed by atoms with van der Waals surface area (Å²) in [5.41, 5.74) is 0. The van der Waals surface area contributed by atoms with Crippen LogP contribution >= 0.6 is 0 Å². The molecule has 2 atom stereocenters. The van der Waals surface area contributed by atoms with E-state index in [9.17, 15) is 18.1 Å². The predicted molar refractivity (Wildman–Crippen MR) is 114 cm³/mol. The van der Waals surface area contributed by atoms with E-state index in [-0.39, 0.29) is 35.7 Å². The quantitative estimate of drug-likeness (QED) is 0.183. The van der Waals surface area contributed by atoms with E-state index in [1.807, 2.05) is 0 Å². The Hall–Kier alpha value is 0.870. The van der Waals surface area contributed by atoms with Crippen molar-refractivity contribution in [3.05, 3.63) is 0 Å². The summed E-state index contributed by atoms with van der Waals surface area (Å²) in [4.78, 5) is 0. The molecule has 0 rings (SSSR count). The zero-order valence-electron chi connectivity index (χ0n) is 19.0. The Bertz CT molecular complexity index is 415. The number of hydrogen-bond donors (Lipinski definition) is 1. The summed E-state index contributed by atoms with van der Waals surface area (Å²) in [6.07, 6.45) is 18.2. The van der Waals surface area contributed by atoms with Gasteiger partial charge in [0.2, 0.25) is 0 Å². The number of aliphatic hydroxyl groups is 1. The summed E-state index contributed by atoms with van der Waals surface area (Å²) in [7, 11) is -4.15. The minimum atomic E-state index is -4.15. The Kier molecular flexibility index (Phi) is 23.4. The van der Waals surface area contributed by atoms with E-state index in [4.69, 9.17) is 0 Å². The van der Waals surface area contributed by atoms with Crippen molar-refractivity contribution in [2.24, 2.45) is 0 Å². The van der Waals surface area contributed by atoms with E-state index in [0.29, 0.717) is 12.8 Å². The van der Waals surface area contributed by atoms with Crippen molar-refractivity contribution in [1.29, 1.82) is 0 Å². The Morgan fingerprint density at radius 3 is 1.43 bits per heavy atom.